The van der Waals surface area contributed by atoms with Gasteiger partial charge in [0.15, 0.2) is 0 Å². The normalized spacial score (nSPS) is 21.3. The van der Waals surface area contributed by atoms with Crippen molar-refractivity contribution in [3.05, 3.63) is 24.0 Å². The Morgan fingerprint density at radius 3 is 2.58 bits per heavy atom. The minimum Gasteiger partial charge on any atom is -0.480 e. The van der Waals surface area contributed by atoms with E-state index >= 15 is 0 Å². The predicted octanol–water partition coefficient (Wildman–Crippen LogP) is 1.95. The zero-order chi connectivity index (χ0) is 13.5. The van der Waals surface area contributed by atoms with E-state index in [1.807, 2.05) is 16.8 Å². The molecule has 0 atom stereocenters. The molecule has 0 saturated heterocycles. The third kappa shape index (κ3) is 2.13. The Labute approximate surface area is 111 Å². The van der Waals surface area contributed by atoms with Gasteiger partial charge in [0.1, 0.15) is 11.2 Å². The molecule has 0 unspecified atom stereocenters. The molecule has 0 radical (unpaired) electrons. The summed E-state index contributed by atoms with van der Waals surface area (Å²) in [4.78, 5) is 23.8. The van der Waals surface area contributed by atoms with Gasteiger partial charge < -0.3 is 15.0 Å². The summed E-state index contributed by atoms with van der Waals surface area (Å²) in [5, 5.41) is 12.1. The van der Waals surface area contributed by atoms with E-state index in [9.17, 15) is 14.7 Å². The molecule has 0 aromatic carbocycles. The maximum atomic E-state index is 12.3. The van der Waals surface area contributed by atoms with Crippen LogP contribution in [0, 0.1) is 0 Å². The van der Waals surface area contributed by atoms with Crippen LogP contribution in [0.4, 0.5) is 0 Å². The van der Waals surface area contributed by atoms with Crippen molar-refractivity contribution in [3.63, 3.8) is 0 Å². The van der Waals surface area contributed by atoms with Crippen molar-refractivity contribution < 1.29 is 14.7 Å². The molecule has 0 aliphatic heterocycles. The second-order valence-electron chi connectivity index (χ2n) is 5.58. The molecule has 1 amide bonds. The summed E-state index contributed by atoms with van der Waals surface area (Å²) >= 11 is 0. The maximum Gasteiger partial charge on any atom is 0.329 e. The van der Waals surface area contributed by atoms with Crippen molar-refractivity contribution in [1.29, 1.82) is 0 Å². The van der Waals surface area contributed by atoms with Crippen LogP contribution in [0.2, 0.25) is 0 Å². The average Bonchev–Trinajstić information content (AvgIpc) is 2.92. The van der Waals surface area contributed by atoms with E-state index in [2.05, 4.69) is 5.32 Å². The molecule has 0 spiro atoms. The third-order valence-electron chi connectivity index (χ3n) is 4.17. The monoisotopic (exact) mass is 262 g/mol. The molecular weight excluding hydrogens is 244 g/mol. The first-order valence-electron chi connectivity index (χ1n) is 6.85. The molecule has 3 rings (SSSR count). The number of aliphatic carboxylic acids is 1. The molecule has 102 valence electrons. The van der Waals surface area contributed by atoms with E-state index < -0.39 is 11.5 Å². The fourth-order valence-corrected chi connectivity index (χ4v) is 2.91. The van der Waals surface area contributed by atoms with Crippen molar-refractivity contribution in [2.45, 2.75) is 50.1 Å². The molecule has 2 fully saturated rings. The van der Waals surface area contributed by atoms with Crippen LogP contribution in [0.5, 0.6) is 0 Å². The smallest absolute Gasteiger partial charge is 0.329 e. The number of carboxylic acids is 1. The maximum absolute atomic E-state index is 12.3. The zero-order valence-corrected chi connectivity index (χ0v) is 10.8. The van der Waals surface area contributed by atoms with Crippen LogP contribution in [-0.4, -0.2) is 27.1 Å². The molecule has 1 aromatic rings. The second-order valence-corrected chi connectivity index (χ2v) is 5.58. The van der Waals surface area contributed by atoms with Gasteiger partial charge in [-0.15, -0.1) is 0 Å². The number of hydrogen-bond donors (Lipinski definition) is 2. The number of carboxylic acid groups (broad SMARTS) is 1. The Morgan fingerprint density at radius 2 is 2.00 bits per heavy atom. The van der Waals surface area contributed by atoms with Crippen LogP contribution >= 0.6 is 0 Å². The van der Waals surface area contributed by atoms with E-state index in [0.29, 0.717) is 24.6 Å². The van der Waals surface area contributed by atoms with Gasteiger partial charge in [-0.3, -0.25) is 4.79 Å². The van der Waals surface area contributed by atoms with Crippen molar-refractivity contribution >= 4 is 11.9 Å². The van der Waals surface area contributed by atoms with Crippen LogP contribution < -0.4 is 5.32 Å². The fraction of sp³-hybridized carbons (Fsp3) is 0.571. The molecule has 1 heterocycles. The molecule has 0 bridgehead atoms. The van der Waals surface area contributed by atoms with Gasteiger partial charge in [-0.05, 0) is 37.8 Å². The number of nitrogens with one attached hydrogen (secondary N) is 1. The van der Waals surface area contributed by atoms with Crippen molar-refractivity contribution in [1.82, 2.24) is 9.88 Å². The third-order valence-corrected chi connectivity index (χ3v) is 4.17. The average molecular weight is 262 g/mol. The number of aromatic nitrogens is 1. The summed E-state index contributed by atoms with van der Waals surface area (Å²) in [5.41, 5.74) is -0.481. The molecule has 2 aliphatic carbocycles. The van der Waals surface area contributed by atoms with Crippen LogP contribution in [0.3, 0.4) is 0 Å². The molecule has 19 heavy (non-hydrogen) atoms. The number of carbonyl (C=O) groups is 2. The largest absolute Gasteiger partial charge is 0.480 e. The van der Waals surface area contributed by atoms with E-state index in [0.717, 1.165) is 25.7 Å². The first kappa shape index (κ1) is 12.3. The summed E-state index contributed by atoms with van der Waals surface area (Å²) in [6.45, 7) is 0. The second kappa shape index (κ2) is 4.40. The lowest BCUT2D eigenvalue weighted by molar-refractivity contribution is -0.144. The zero-order valence-electron chi connectivity index (χ0n) is 10.8. The standard InChI is InChI=1S/C14H18N2O3/c17-12(11-4-3-9-16(11)10-5-6-10)15-14(13(18)19)7-1-2-8-14/h3-4,9-10H,1-2,5-8H2,(H,15,17)(H,18,19). The summed E-state index contributed by atoms with van der Waals surface area (Å²) in [5.74, 6) is -1.18. The van der Waals surface area contributed by atoms with Crippen molar-refractivity contribution in [3.8, 4) is 0 Å². The molecular formula is C14H18N2O3. The van der Waals surface area contributed by atoms with E-state index in [4.69, 9.17) is 0 Å². The Bertz CT molecular complexity index is 511. The summed E-state index contributed by atoms with van der Waals surface area (Å²) in [7, 11) is 0. The predicted molar refractivity (Wildman–Crippen MR) is 69.0 cm³/mol. The lowest BCUT2D eigenvalue weighted by atomic mass is 9.97. The van der Waals surface area contributed by atoms with E-state index in [1.54, 1.807) is 6.07 Å². The quantitative estimate of drug-likeness (QED) is 0.871. The first-order chi connectivity index (χ1) is 9.12. The number of hydrogen-bond acceptors (Lipinski definition) is 2. The molecule has 2 N–H and O–H groups in total. The SMILES string of the molecule is O=C(NC1(C(=O)O)CCCC1)c1cccn1C1CC1. The lowest BCUT2D eigenvalue weighted by Gasteiger charge is -2.25. The minimum absolute atomic E-state index is 0.263. The van der Waals surface area contributed by atoms with E-state index in [1.165, 1.54) is 0 Å². The first-order valence-corrected chi connectivity index (χ1v) is 6.85. The summed E-state index contributed by atoms with van der Waals surface area (Å²) < 4.78 is 1.96. The van der Waals surface area contributed by atoms with Gasteiger partial charge in [0.05, 0.1) is 0 Å². The van der Waals surface area contributed by atoms with Gasteiger partial charge in [-0.25, -0.2) is 4.79 Å². The Kier molecular flexibility index (Phi) is 2.84. The Balaban J connectivity index is 1.80. The number of amides is 1. The lowest BCUT2D eigenvalue weighted by Crippen LogP contribution is -2.52. The molecule has 5 heteroatoms. The Hall–Kier alpha value is -1.78. The summed E-state index contributed by atoms with van der Waals surface area (Å²) in [6.07, 6.45) is 6.86. The van der Waals surface area contributed by atoms with Crippen molar-refractivity contribution in [2.24, 2.45) is 0 Å². The topological polar surface area (TPSA) is 71.3 Å². The highest BCUT2D eigenvalue weighted by molar-refractivity contribution is 5.97. The van der Waals surface area contributed by atoms with Gasteiger partial charge in [-0.2, -0.15) is 0 Å². The highest BCUT2D eigenvalue weighted by atomic mass is 16.4. The van der Waals surface area contributed by atoms with Gasteiger partial charge >= 0.3 is 5.97 Å². The number of nitrogens with zero attached hydrogens (tertiary/aromatic N) is 1. The number of rotatable bonds is 4. The Morgan fingerprint density at radius 1 is 1.32 bits per heavy atom. The molecule has 5 nitrogen and oxygen atoms in total. The fourth-order valence-electron chi connectivity index (χ4n) is 2.91. The van der Waals surface area contributed by atoms with Crippen LogP contribution in [0.1, 0.15) is 55.1 Å². The van der Waals surface area contributed by atoms with Crippen LogP contribution in [0.15, 0.2) is 18.3 Å². The molecule has 2 saturated carbocycles. The number of carbonyl (C=O) groups excluding carboxylic acids is 1. The minimum atomic E-state index is -1.06. The van der Waals surface area contributed by atoms with Gasteiger partial charge in [0, 0.05) is 12.2 Å². The highest BCUT2D eigenvalue weighted by Crippen LogP contribution is 2.36. The highest BCUT2D eigenvalue weighted by Gasteiger charge is 2.43. The van der Waals surface area contributed by atoms with Gasteiger partial charge in [-0.1, -0.05) is 12.8 Å². The van der Waals surface area contributed by atoms with Crippen LogP contribution in [-0.2, 0) is 4.79 Å². The molecule has 1 aromatic heterocycles. The van der Waals surface area contributed by atoms with Crippen molar-refractivity contribution in [2.75, 3.05) is 0 Å². The van der Waals surface area contributed by atoms with E-state index in [-0.39, 0.29) is 5.91 Å². The van der Waals surface area contributed by atoms with Crippen LogP contribution in [0.25, 0.3) is 0 Å². The van der Waals surface area contributed by atoms with Gasteiger partial charge in [0.25, 0.3) is 5.91 Å². The van der Waals surface area contributed by atoms with Gasteiger partial charge in [0.2, 0.25) is 0 Å². The summed E-state index contributed by atoms with van der Waals surface area (Å²) in [6, 6.07) is 4.02. The molecule has 2 aliphatic rings.